The van der Waals surface area contributed by atoms with Gasteiger partial charge in [0, 0.05) is 11.6 Å². The fraction of sp³-hybridized carbons (Fsp3) is 0.538. The van der Waals surface area contributed by atoms with Gasteiger partial charge in [0.05, 0.1) is 6.61 Å². The van der Waals surface area contributed by atoms with Gasteiger partial charge in [-0.05, 0) is 80.2 Å². The van der Waals surface area contributed by atoms with Crippen molar-refractivity contribution in [1.29, 1.82) is 0 Å². The van der Waals surface area contributed by atoms with Crippen LogP contribution < -0.4 is 4.74 Å². The van der Waals surface area contributed by atoms with Crippen LogP contribution in [0.1, 0.15) is 70.3 Å². The molecule has 0 unspecified atom stereocenters. The van der Waals surface area contributed by atoms with Crippen molar-refractivity contribution in [1.82, 2.24) is 0 Å². The van der Waals surface area contributed by atoms with Gasteiger partial charge in [0.25, 0.3) is 0 Å². The van der Waals surface area contributed by atoms with E-state index in [9.17, 15) is 9.50 Å². The molecule has 0 bridgehead atoms. The molecule has 0 aromatic heterocycles. The Morgan fingerprint density at radius 1 is 1.07 bits per heavy atom. The van der Waals surface area contributed by atoms with E-state index < -0.39 is 0 Å². The van der Waals surface area contributed by atoms with E-state index >= 15 is 0 Å². The first-order valence-electron chi connectivity index (χ1n) is 11.2. The van der Waals surface area contributed by atoms with Crippen LogP contribution in [-0.2, 0) is 0 Å². The van der Waals surface area contributed by atoms with Crippen LogP contribution in [0.2, 0.25) is 0 Å². The second-order valence-electron chi connectivity index (χ2n) is 8.70. The van der Waals surface area contributed by atoms with E-state index in [0.29, 0.717) is 29.4 Å². The van der Waals surface area contributed by atoms with E-state index in [4.69, 9.17) is 4.74 Å². The lowest BCUT2D eigenvalue weighted by atomic mass is 9.71. The van der Waals surface area contributed by atoms with Crippen LogP contribution in [0.15, 0.2) is 48.8 Å². The van der Waals surface area contributed by atoms with Gasteiger partial charge in [-0.15, -0.1) is 0 Å². The van der Waals surface area contributed by atoms with Gasteiger partial charge < -0.3 is 9.84 Å². The van der Waals surface area contributed by atoms with Gasteiger partial charge in [-0.25, -0.2) is 4.39 Å². The first-order valence-corrected chi connectivity index (χ1v) is 11.2. The fourth-order valence-electron chi connectivity index (χ4n) is 4.86. The van der Waals surface area contributed by atoms with Crippen LogP contribution >= 0.6 is 0 Å². The van der Waals surface area contributed by atoms with Crippen molar-refractivity contribution in [3.8, 4) is 5.75 Å². The molecule has 0 aliphatic heterocycles. The van der Waals surface area contributed by atoms with Gasteiger partial charge >= 0.3 is 0 Å². The third-order valence-electron chi connectivity index (χ3n) is 6.73. The molecule has 1 aromatic rings. The van der Waals surface area contributed by atoms with Crippen molar-refractivity contribution in [2.75, 3.05) is 6.61 Å². The lowest BCUT2D eigenvalue weighted by Gasteiger charge is -2.35. The molecule has 0 saturated heterocycles. The second kappa shape index (κ2) is 10.7. The molecule has 29 heavy (non-hydrogen) atoms. The smallest absolute Gasteiger partial charge is 0.134 e. The molecule has 0 heterocycles. The number of rotatable bonds is 7. The van der Waals surface area contributed by atoms with Crippen molar-refractivity contribution >= 4 is 5.57 Å². The Morgan fingerprint density at radius 3 is 2.41 bits per heavy atom. The number of ether oxygens (including phenoxy) is 1. The van der Waals surface area contributed by atoms with Crippen molar-refractivity contribution in [3.63, 3.8) is 0 Å². The van der Waals surface area contributed by atoms with Crippen molar-refractivity contribution in [2.45, 2.75) is 64.7 Å². The molecule has 2 aliphatic carbocycles. The Bertz CT molecular complexity index is 735. The largest absolute Gasteiger partial charge is 0.508 e. The minimum Gasteiger partial charge on any atom is -0.508 e. The minimum absolute atomic E-state index is 0.129. The van der Waals surface area contributed by atoms with Crippen molar-refractivity contribution in [2.24, 2.45) is 17.8 Å². The molecule has 1 aromatic carbocycles. The van der Waals surface area contributed by atoms with E-state index in [2.05, 4.69) is 6.58 Å². The zero-order valence-electron chi connectivity index (χ0n) is 17.7. The maximum Gasteiger partial charge on any atom is 0.134 e. The summed E-state index contributed by atoms with van der Waals surface area (Å²) in [5, 5.41) is 9.47. The van der Waals surface area contributed by atoms with Gasteiger partial charge in [-0.2, -0.15) is 0 Å². The van der Waals surface area contributed by atoms with E-state index in [0.717, 1.165) is 11.8 Å². The quantitative estimate of drug-likeness (QED) is 0.378. The molecule has 0 atom stereocenters. The number of benzene rings is 1. The molecule has 0 radical (unpaired) electrons. The highest BCUT2D eigenvalue weighted by Gasteiger charge is 2.28. The van der Waals surface area contributed by atoms with Crippen LogP contribution in [0.25, 0.3) is 5.57 Å². The first kappa shape index (κ1) is 21.7. The number of aliphatic hydroxyl groups is 1. The zero-order valence-corrected chi connectivity index (χ0v) is 17.7. The predicted octanol–water partition coefficient (Wildman–Crippen LogP) is 7.62. The number of aliphatic hydroxyl groups excluding tert-OH is 1. The van der Waals surface area contributed by atoms with Gasteiger partial charge in [0.1, 0.15) is 17.3 Å². The molecule has 0 amide bonds. The number of hydrogen-bond donors (Lipinski definition) is 1. The standard InChI is InChI=1S/C26H35FO2/c1-3-23(28)14-9-19(2)25-16-15-24(17-26(25)27)29-18-20-10-12-22(13-11-20)21-7-5-4-6-8-21/h3,9,14-17,20-22,28H,2,4-8,10-13,18H2,1H3/b14-9-,23-3+. The maximum atomic E-state index is 14.5. The van der Waals surface area contributed by atoms with E-state index in [-0.39, 0.29) is 11.6 Å². The highest BCUT2D eigenvalue weighted by molar-refractivity contribution is 5.73. The maximum absolute atomic E-state index is 14.5. The average Bonchev–Trinajstić information content (AvgIpc) is 2.76. The minimum atomic E-state index is -0.349. The molecule has 2 fully saturated rings. The summed E-state index contributed by atoms with van der Waals surface area (Å²) in [6.07, 6.45) is 17.0. The number of allylic oxidation sites excluding steroid dienone is 4. The summed E-state index contributed by atoms with van der Waals surface area (Å²) in [7, 11) is 0. The molecular formula is C26H35FO2. The topological polar surface area (TPSA) is 29.5 Å². The molecule has 2 aliphatic rings. The van der Waals surface area contributed by atoms with Gasteiger partial charge in [-0.1, -0.05) is 44.8 Å². The third-order valence-corrected chi connectivity index (χ3v) is 6.73. The molecule has 0 spiro atoms. The predicted molar refractivity (Wildman–Crippen MR) is 118 cm³/mol. The molecule has 2 nitrogen and oxygen atoms in total. The van der Waals surface area contributed by atoms with E-state index in [1.807, 2.05) is 0 Å². The summed E-state index contributed by atoms with van der Waals surface area (Å²) in [6.45, 7) is 6.29. The summed E-state index contributed by atoms with van der Waals surface area (Å²) in [5.74, 6) is 2.82. The monoisotopic (exact) mass is 398 g/mol. The third kappa shape index (κ3) is 6.22. The van der Waals surface area contributed by atoms with Crippen molar-refractivity contribution < 1.29 is 14.2 Å². The average molecular weight is 399 g/mol. The summed E-state index contributed by atoms with van der Waals surface area (Å²) < 4.78 is 20.4. The van der Waals surface area contributed by atoms with Crippen LogP contribution in [0.3, 0.4) is 0 Å². The molecule has 1 N–H and O–H groups in total. The summed E-state index contributed by atoms with van der Waals surface area (Å²) in [4.78, 5) is 0. The highest BCUT2D eigenvalue weighted by Crippen LogP contribution is 2.40. The zero-order chi connectivity index (χ0) is 20.6. The second-order valence-corrected chi connectivity index (χ2v) is 8.70. The van der Waals surface area contributed by atoms with E-state index in [1.54, 1.807) is 31.2 Å². The number of hydrogen-bond acceptors (Lipinski definition) is 2. The molecule has 3 heteroatoms. The normalized spacial score (nSPS) is 24.0. The van der Waals surface area contributed by atoms with Crippen LogP contribution in [0.5, 0.6) is 5.75 Å². The first-order chi connectivity index (χ1) is 14.1. The molecule has 2 saturated carbocycles. The Morgan fingerprint density at radius 2 is 1.76 bits per heavy atom. The lowest BCUT2D eigenvalue weighted by molar-refractivity contribution is 0.135. The van der Waals surface area contributed by atoms with Crippen LogP contribution in [0.4, 0.5) is 4.39 Å². The van der Waals surface area contributed by atoms with Crippen LogP contribution in [-0.4, -0.2) is 11.7 Å². The van der Waals surface area contributed by atoms with Crippen LogP contribution in [0, 0.1) is 23.6 Å². The Labute approximate surface area is 175 Å². The molecule has 3 rings (SSSR count). The Kier molecular flexibility index (Phi) is 7.97. The van der Waals surface area contributed by atoms with Gasteiger partial charge in [-0.3, -0.25) is 0 Å². The lowest BCUT2D eigenvalue weighted by Crippen LogP contribution is -2.26. The van der Waals surface area contributed by atoms with Gasteiger partial charge in [0.15, 0.2) is 0 Å². The number of halogens is 1. The molecule has 158 valence electrons. The Hall–Kier alpha value is -2.03. The summed E-state index contributed by atoms with van der Waals surface area (Å²) in [6, 6.07) is 4.95. The van der Waals surface area contributed by atoms with E-state index in [1.165, 1.54) is 69.9 Å². The highest BCUT2D eigenvalue weighted by atomic mass is 19.1. The molecular weight excluding hydrogens is 363 g/mol. The van der Waals surface area contributed by atoms with Gasteiger partial charge in [0.2, 0.25) is 0 Å². The SMILES string of the molecule is C=C(/C=C\C(O)=C/C)c1ccc(OCC2CCC(C3CCCCC3)CC2)cc1F. The summed E-state index contributed by atoms with van der Waals surface area (Å²) in [5.41, 5.74) is 0.939. The summed E-state index contributed by atoms with van der Waals surface area (Å²) >= 11 is 0. The fourth-order valence-corrected chi connectivity index (χ4v) is 4.86. The Balaban J connectivity index is 1.47. The van der Waals surface area contributed by atoms with Crippen molar-refractivity contribution in [3.05, 3.63) is 60.1 Å².